The fraction of sp³-hybridized carbons (Fsp3) is 0.226. The van der Waals surface area contributed by atoms with Gasteiger partial charge in [0.05, 0.1) is 18.4 Å². The number of carbonyl (C=O) groups is 2. The minimum absolute atomic E-state index is 0.250. The van der Waals surface area contributed by atoms with Crippen LogP contribution < -0.4 is 5.32 Å². The summed E-state index contributed by atoms with van der Waals surface area (Å²) in [5.74, 6) is 1.29. The molecule has 3 aromatic heterocycles. The molecule has 1 N–H and O–H groups in total. The number of thiophene rings is 1. The molecule has 6 rings (SSSR count). The lowest BCUT2D eigenvalue weighted by molar-refractivity contribution is 0.0526. The van der Waals surface area contributed by atoms with Crippen molar-refractivity contribution in [2.45, 2.75) is 43.5 Å². The number of aromatic nitrogens is 3. The molecule has 0 spiro atoms. The van der Waals surface area contributed by atoms with Crippen molar-refractivity contribution < 1.29 is 18.7 Å². The average molecular weight is 585 g/mol. The fourth-order valence-corrected chi connectivity index (χ4v) is 7.07. The quantitative estimate of drug-likeness (QED) is 0.145. The van der Waals surface area contributed by atoms with E-state index in [4.69, 9.17) is 9.15 Å². The van der Waals surface area contributed by atoms with Crippen LogP contribution >= 0.6 is 23.1 Å². The minimum Gasteiger partial charge on any atom is -0.462 e. The second kappa shape index (κ2) is 12.2. The molecule has 0 radical (unpaired) electrons. The zero-order valence-electron chi connectivity index (χ0n) is 22.5. The van der Waals surface area contributed by atoms with Gasteiger partial charge in [-0.15, -0.1) is 21.5 Å². The molecule has 10 heteroatoms. The van der Waals surface area contributed by atoms with Crippen LogP contribution in [0.4, 0.5) is 5.00 Å². The number of para-hydroxylation sites is 1. The van der Waals surface area contributed by atoms with Gasteiger partial charge in [-0.25, -0.2) is 4.79 Å². The summed E-state index contributed by atoms with van der Waals surface area (Å²) in [6, 6.07) is 21.1. The Morgan fingerprint density at radius 3 is 2.59 bits per heavy atom. The van der Waals surface area contributed by atoms with Crippen LogP contribution in [0.5, 0.6) is 0 Å². The molecule has 0 unspecified atom stereocenters. The monoisotopic (exact) mass is 584 g/mol. The van der Waals surface area contributed by atoms with E-state index in [1.54, 1.807) is 37.1 Å². The van der Waals surface area contributed by atoms with Crippen molar-refractivity contribution in [1.29, 1.82) is 0 Å². The van der Waals surface area contributed by atoms with E-state index in [1.165, 1.54) is 16.2 Å². The first-order valence-corrected chi connectivity index (χ1v) is 15.3. The lowest BCUT2D eigenvalue weighted by Gasteiger charge is -2.12. The van der Waals surface area contributed by atoms with Crippen LogP contribution in [0.3, 0.4) is 0 Å². The Kier molecular flexibility index (Phi) is 8.02. The summed E-state index contributed by atoms with van der Waals surface area (Å²) in [4.78, 5) is 27.1. The highest BCUT2D eigenvalue weighted by Gasteiger charge is 2.27. The van der Waals surface area contributed by atoms with E-state index >= 15 is 0 Å². The van der Waals surface area contributed by atoms with Crippen molar-refractivity contribution in [2.75, 3.05) is 11.9 Å². The highest BCUT2D eigenvalue weighted by Crippen LogP contribution is 2.39. The summed E-state index contributed by atoms with van der Waals surface area (Å²) in [6.45, 7) is 2.08. The lowest BCUT2D eigenvalue weighted by Crippen LogP contribution is -2.15. The Hall–Kier alpha value is -4.15. The van der Waals surface area contributed by atoms with Gasteiger partial charge in [-0.05, 0) is 80.1 Å². The molecule has 3 heterocycles. The van der Waals surface area contributed by atoms with Gasteiger partial charge in [-0.1, -0.05) is 42.1 Å². The Morgan fingerprint density at radius 2 is 1.83 bits per heavy atom. The topological polar surface area (TPSA) is 99.2 Å². The van der Waals surface area contributed by atoms with Gasteiger partial charge in [-0.3, -0.25) is 9.36 Å². The predicted molar refractivity (Wildman–Crippen MR) is 160 cm³/mol. The first kappa shape index (κ1) is 27.0. The van der Waals surface area contributed by atoms with E-state index in [9.17, 15) is 9.59 Å². The number of hydrogen-bond donors (Lipinski definition) is 1. The molecular weight excluding hydrogens is 556 g/mol. The molecule has 2 aromatic carbocycles. The van der Waals surface area contributed by atoms with Crippen LogP contribution in [0, 0.1) is 0 Å². The first-order valence-electron chi connectivity index (χ1n) is 13.5. The Balaban J connectivity index is 1.17. The number of aryl methyl sites for hydroxylation is 1. The highest BCUT2D eigenvalue weighted by molar-refractivity contribution is 7.98. The molecule has 0 aliphatic heterocycles. The van der Waals surface area contributed by atoms with Gasteiger partial charge in [0.1, 0.15) is 5.00 Å². The average Bonchev–Trinajstić information content (AvgIpc) is 3.75. The van der Waals surface area contributed by atoms with E-state index in [-0.39, 0.29) is 11.9 Å². The molecule has 0 saturated carbocycles. The molecule has 1 aliphatic carbocycles. The summed E-state index contributed by atoms with van der Waals surface area (Å²) in [5, 5.41) is 13.1. The summed E-state index contributed by atoms with van der Waals surface area (Å²) >= 11 is 3.04. The van der Waals surface area contributed by atoms with E-state index in [1.807, 2.05) is 59.2 Å². The summed E-state index contributed by atoms with van der Waals surface area (Å²) in [7, 11) is 0. The largest absolute Gasteiger partial charge is 0.462 e. The maximum Gasteiger partial charge on any atom is 0.341 e. The van der Waals surface area contributed by atoms with Gasteiger partial charge < -0.3 is 14.5 Å². The van der Waals surface area contributed by atoms with Gasteiger partial charge in [-0.2, -0.15) is 0 Å². The second-order valence-electron chi connectivity index (χ2n) is 9.53. The summed E-state index contributed by atoms with van der Waals surface area (Å²) < 4.78 is 12.9. The van der Waals surface area contributed by atoms with Gasteiger partial charge in [0.2, 0.25) is 5.82 Å². The second-order valence-corrected chi connectivity index (χ2v) is 11.6. The third-order valence-corrected chi connectivity index (χ3v) is 9.06. The number of fused-ring (bicyclic) bond motifs is 1. The van der Waals surface area contributed by atoms with Crippen LogP contribution in [-0.4, -0.2) is 33.2 Å². The summed E-state index contributed by atoms with van der Waals surface area (Å²) in [6.07, 6.45) is 5.51. The smallest absolute Gasteiger partial charge is 0.341 e. The third kappa shape index (κ3) is 5.71. The first-order chi connectivity index (χ1) is 20.1. The van der Waals surface area contributed by atoms with Gasteiger partial charge >= 0.3 is 5.97 Å². The molecule has 41 heavy (non-hydrogen) atoms. The van der Waals surface area contributed by atoms with Crippen molar-refractivity contribution in [1.82, 2.24) is 14.8 Å². The number of nitrogens with zero attached hydrogens (tertiary/aromatic N) is 3. The van der Waals surface area contributed by atoms with Crippen molar-refractivity contribution in [3.63, 3.8) is 0 Å². The molecule has 8 nitrogen and oxygen atoms in total. The molecule has 0 fully saturated rings. The van der Waals surface area contributed by atoms with E-state index < -0.39 is 0 Å². The molecule has 1 aliphatic rings. The number of furan rings is 1. The normalized spacial score (nSPS) is 12.6. The molecule has 5 aromatic rings. The van der Waals surface area contributed by atoms with Gasteiger partial charge in [0.15, 0.2) is 10.9 Å². The zero-order chi connectivity index (χ0) is 28.2. The van der Waals surface area contributed by atoms with Crippen molar-refractivity contribution >= 4 is 40.0 Å². The van der Waals surface area contributed by atoms with E-state index in [2.05, 4.69) is 15.5 Å². The molecule has 208 valence electrons. The third-order valence-electron chi connectivity index (χ3n) is 6.85. The Bertz CT molecular complexity index is 1660. The molecule has 1 amide bonds. The van der Waals surface area contributed by atoms with E-state index in [0.717, 1.165) is 47.7 Å². The van der Waals surface area contributed by atoms with Crippen molar-refractivity contribution in [3.05, 3.63) is 100 Å². The van der Waals surface area contributed by atoms with Crippen LogP contribution in [-0.2, 0) is 23.3 Å². The number of benzene rings is 2. The predicted octanol–water partition coefficient (Wildman–Crippen LogP) is 7.19. The lowest BCUT2D eigenvalue weighted by atomic mass is 9.95. The van der Waals surface area contributed by atoms with Crippen LogP contribution in [0.2, 0.25) is 0 Å². The maximum absolute atomic E-state index is 13.2. The van der Waals surface area contributed by atoms with E-state index in [0.29, 0.717) is 40.1 Å². The minimum atomic E-state index is -0.367. The SMILES string of the molecule is CCOC(=O)c1c(NC(=O)c2ccc(CSc3nnc(-c4ccco4)n3-c3ccccc3)cc2)sc2c1CCCC2. The van der Waals surface area contributed by atoms with Crippen molar-refractivity contribution in [2.24, 2.45) is 0 Å². The van der Waals surface area contributed by atoms with Crippen LogP contribution in [0.25, 0.3) is 17.3 Å². The number of anilines is 1. The Morgan fingerprint density at radius 1 is 1.02 bits per heavy atom. The maximum atomic E-state index is 13.2. The van der Waals surface area contributed by atoms with Crippen molar-refractivity contribution in [3.8, 4) is 17.3 Å². The van der Waals surface area contributed by atoms with Gasteiger partial charge in [0, 0.05) is 21.9 Å². The number of thioether (sulfide) groups is 1. The number of carbonyl (C=O) groups excluding carboxylic acids is 2. The van der Waals surface area contributed by atoms with Crippen LogP contribution in [0.1, 0.15) is 56.5 Å². The number of ether oxygens (including phenoxy) is 1. The zero-order valence-corrected chi connectivity index (χ0v) is 24.1. The Labute approximate surface area is 245 Å². The number of hydrogen-bond acceptors (Lipinski definition) is 8. The molecular formula is C31H28N4O4S2. The summed E-state index contributed by atoms with van der Waals surface area (Å²) in [5.41, 5.74) is 4.04. The fourth-order valence-electron chi connectivity index (χ4n) is 4.89. The highest BCUT2D eigenvalue weighted by atomic mass is 32.2. The molecule has 0 bridgehead atoms. The van der Waals surface area contributed by atoms with Crippen LogP contribution in [0.15, 0.2) is 82.6 Å². The molecule has 0 atom stereocenters. The molecule has 0 saturated heterocycles. The standard InChI is InChI=1S/C31H28N4O4S2/c1-2-38-30(37)26-23-11-6-7-13-25(23)41-29(26)32-28(36)21-16-14-20(15-17-21)19-40-31-34-33-27(24-12-8-18-39-24)35(31)22-9-4-3-5-10-22/h3-5,8-10,12,14-18H,2,6-7,11,13,19H2,1H3,(H,32,36). The van der Waals surface area contributed by atoms with Gasteiger partial charge in [0.25, 0.3) is 5.91 Å². The number of amides is 1. The number of rotatable bonds is 9. The number of esters is 1. The number of nitrogens with one attached hydrogen (secondary N) is 1.